The van der Waals surface area contributed by atoms with Crippen LogP contribution in [0.1, 0.15) is 39.2 Å². The average Bonchev–Trinajstić information content (AvgIpc) is 2.51. The van der Waals surface area contributed by atoms with Crippen molar-refractivity contribution in [2.24, 2.45) is 5.92 Å². The molecule has 0 amide bonds. The van der Waals surface area contributed by atoms with Gasteiger partial charge in [0.25, 0.3) is 0 Å². The van der Waals surface area contributed by atoms with Gasteiger partial charge in [-0.25, -0.2) is 4.79 Å². The topological polar surface area (TPSA) is 65.0 Å². The zero-order chi connectivity index (χ0) is 16.4. The highest BCUT2D eigenvalue weighted by Gasteiger charge is 2.08. The second-order valence-corrected chi connectivity index (χ2v) is 5.54. The van der Waals surface area contributed by atoms with Gasteiger partial charge in [-0.3, -0.25) is 0 Å². The summed E-state index contributed by atoms with van der Waals surface area (Å²) < 4.78 is 16.1. The lowest BCUT2D eigenvalue weighted by Gasteiger charge is -2.12. The van der Waals surface area contributed by atoms with Crippen molar-refractivity contribution in [2.75, 3.05) is 19.8 Å². The van der Waals surface area contributed by atoms with E-state index in [9.17, 15) is 9.90 Å². The first-order valence-corrected chi connectivity index (χ1v) is 7.71. The zero-order valence-corrected chi connectivity index (χ0v) is 13.6. The molecule has 0 saturated heterocycles. The molecule has 124 valence electrons. The van der Waals surface area contributed by atoms with Crippen molar-refractivity contribution in [1.82, 2.24) is 0 Å². The Morgan fingerprint density at radius 1 is 1.18 bits per heavy atom. The van der Waals surface area contributed by atoms with E-state index < -0.39 is 5.97 Å². The standard InChI is InChI=1S/C17H26O5/c1-4-5-6-20-15-7-14(10-18)8-16(9-15)21-12-17(19)22-11-13(2)3/h7-9,13,18H,4-6,10-12H2,1-3H3. The number of unbranched alkanes of at least 4 members (excludes halogenated alkanes) is 1. The smallest absolute Gasteiger partial charge is 0.344 e. The first-order valence-electron chi connectivity index (χ1n) is 7.71. The highest BCUT2D eigenvalue weighted by molar-refractivity contribution is 5.71. The van der Waals surface area contributed by atoms with Gasteiger partial charge in [0.15, 0.2) is 6.61 Å². The maximum absolute atomic E-state index is 11.5. The Hall–Kier alpha value is -1.75. The fraction of sp³-hybridized carbons (Fsp3) is 0.588. The summed E-state index contributed by atoms with van der Waals surface area (Å²) in [5, 5.41) is 9.28. The summed E-state index contributed by atoms with van der Waals surface area (Å²) in [5.41, 5.74) is 0.680. The van der Waals surface area contributed by atoms with Crippen LogP contribution in [0.3, 0.4) is 0 Å². The third-order valence-electron chi connectivity index (χ3n) is 2.82. The molecule has 0 bridgehead atoms. The Morgan fingerprint density at radius 2 is 1.86 bits per heavy atom. The lowest BCUT2D eigenvalue weighted by molar-refractivity contribution is -0.147. The maximum Gasteiger partial charge on any atom is 0.344 e. The summed E-state index contributed by atoms with van der Waals surface area (Å²) in [6.45, 7) is 6.75. The van der Waals surface area contributed by atoms with E-state index in [0.29, 0.717) is 36.2 Å². The summed E-state index contributed by atoms with van der Waals surface area (Å²) in [6.07, 6.45) is 2.01. The third-order valence-corrected chi connectivity index (χ3v) is 2.82. The monoisotopic (exact) mass is 310 g/mol. The van der Waals surface area contributed by atoms with E-state index in [1.54, 1.807) is 18.2 Å². The van der Waals surface area contributed by atoms with Gasteiger partial charge in [0.2, 0.25) is 0 Å². The fourth-order valence-electron chi connectivity index (χ4n) is 1.67. The average molecular weight is 310 g/mol. The molecule has 1 aromatic carbocycles. The molecule has 0 fully saturated rings. The highest BCUT2D eigenvalue weighted by atomic mass is 16.6. The molecular weight excluding hydrogens is 284 g/mol. The molecule has 1 rings (SSSR count). The van der Waals surface area contributed by atoms with Gasteiger partial charge in [-0.05, 0) is 30.0 Å². The summed E-state index contributed by atoms with van der Waals surface area (Å²) in [4.78, 5) is 11.5. The Bertz CT molecular complexity index is 456. The predicted octanol–water partition coefficient (Wildman–Crippen LogP) is 2.94. The van der Waals surface area contributed by atoms with Crippen LogP contribution in [0.4, 0.5) is 0 Å². The molecule has 0 aliphatic rings. The lowest BCUT2D eigenvalue weighted by Crippen LogP contribution is -2.17. The van der Waals surface area contributed by atoms with Crippen LogP contribution in [0.15, 0.2) is 18.2 Å². The Labute approximate surface area is 132 Å². The molecule has 0 atom stereocenters. The number of hydrogen-bond acceptors (Lipinski definition) is 5. The number of carbonyl (C=O) groups is 1. The van der Waals surface area contributed by atoms with E-state index in [1.807, 2.05) is 13.8 Å². The SMILES string of the molecule is CCCCOc1cc(CO)cc(OCC(=O)OCC(C)C)c1. The number of rotatable bonds is 10. The Balaban J connectivity index is 2.57. The summed E-state index contributed by atoms with van der Waals surface area (Å²) >= 11 is 0. The molecule has 1 aromatic rings. The first kappa shape index (κ1) is 18.3. The van der Waals surface area contributed by atoms with Crippen molar-refractivity contribution in [2.45, 2.75) is 40.2 Å². The van der Waals surface area contributed by atoms with Gasteiger partial charge in [0, 0.05) is 6.07 Å². The van der Waals surface area contributed by atoms with Crippen LogP contribution in [0.25, 0.3) is 0 Å². The second-order valence-electron chi connectivity index (χ2n) is 5.54. The van der Waals surface area contributed by atoms with E-state index in [1.165, 1.54) is 0 Å². The largest absolute Gasteiger partial charge is 0.493 e. The molecule has 22 heavy (non-hydrogen) atoms. The Morgan fingerprint density at radius 3 is 2.45 bits per heavy atom. The minimum absolute atomic E-state index is 0.112. The van der Waals surface area contributed by atoms with Crippen LogP contribution in [0.5, 0.6) is 11.5 Å². The van der Waals surface area contributed by atoms with E-state index in [2.05, 4.69) is 6.92 Å². The van der Waals surface area contributed by atoms with Crippen LogP contribution in [-0.2, 0) is 16.1 Å². The van der Waals surface area contributed by atoms with Crippen molar-refractivity contribution in [3.05, 3.63) is 23.8 Å². The zero-order valence-electron chi connectivity index (χ0n) is 13.6. The van der Waals surface area contributed by atoms with Crippen LogP contribution >= 0.6 is 0 Å². The minimum atomic E-state index is -0.406. The van der Waals surface area contributed by atoms with Crippen molar-refractivity contribution in [3.63, 3.8) is 0 Å². The number of esters is 1. The van der Waals surface area contributed by atoms with Gasteiger partial charge >= 0.3 is 5.97 Å². The van der Waals surface area contributed by atoms with Gasteiger partial charge in [-0.15, -0.1) is 0 Å². The van der Waals surface area contributed by atoms with Crippen LogP contribution < -0.4 is 9.47 Å². The normalized spacial score (nSPS) is 10.6. The van der Waals surface area contributed by atoms with Crippen LogP contribution in [-0.4, -0.2) is 30.9 Å². The molecule has 0 radical (unpaired) electrons. The molecule has 1 N–H and O–H groups in total. The third kappa shape index (κ3) is 7.31. The molecule has 0 heterocycles. The number of hydrogen-bond donors (Lipinski definition) is 1. The number of ether oxygens (including phenoxy) is 3. The molecular formula is C17H26O5. The van der Waals surface area contributed by atoms with Gasteiger partial charge in [-0.2, -0.15) is 0 Å². The number of aliphatic hydroxyl groups is 1. The molecule has 0 aliphatic carbocycles. The highest BCUT2D eigenvalue weighted by Crippen LogP contribution is 2.23. The van der Waals surface area contributed by atoms with E-state index in [0.717, 1.165) is 12.8 Å². The number of carbonyl (C=O) groups excluding carboxylic acids is 1. The molecule has 0 unspecified atom stereocenters. The van der Waals surface area contributed by atoms with Crippen LogP contribution in [0, 0.1) is 5.92 Å². The molecule has 0 spiro atoms. The van der Waals surface area contributed by atoms with Crippen LogP contribution in [0.2, 0.25) is 0 Å². The maximum atomic E-state index is 11.5. The van der Waals surface area contributed by atoms with Crippen molar-refractivity contribution in [1.29, 1.82) is 0 Å². The van der Waals surface area contributed by atoms with Crippen molar-refractivity contribution < 1.29 is 24.1 Å². The summed E-state index contributed by atoms with van der Waals surface area (Å²) in [6, 6.07) is 5.16. The van der Waals surface area contributed by atoms with Gasteiger partial charge in [0.05, 0.1) is 19.8 Å². The molecule has 5 heteroatoms. The number of aliphatic hydroxyl groups excluding tert-OH is 1. The van der Waals surface area contributed by atoms with E-state index in [4.69, 9.17) is 14.2 Å². The fourth-order valence-corrected chi connectivity index (χ4v) is 1.67. The van der Waals surface area contributed by atoms with Gasteiger partial charge < -0.3 is 19.3 Å². The quantitative estimate of drug-likeness (QED) is 0.532. The summed E-state index contributed by atoms with van der Waals surface area (Å²) in [7, 11) is 0. The second kappa shape index (κ2) is 10.1. The van der Waals surface area contributed by atoms with Gasteiger partial charge in [-0.1, -0.05) is 27.2 Å². The molecule has 0 aliphatic heterocycles. The molecule has 0 saturated carbocycles. The molecule has 0 aromatic heterocycles. The summed E-state index contributed by atoms with van der Waals surface area (Å²) in [5.74, 6) is 1.00. The lowest BCUT2D eigenvalue weighted by atomic mass is 10.2. The first-order chi connectivity index (χ1) is 10.5. The van der Waals surface area contributed by atoms with Crippen molar-refractivity contribution in [3.8, 4) is 11.5 Å². The van der Waals surface area contributed by atoms with E-state index >= 15 is 0 Å². The number of benzene rings is 1. The Kier molecular flexibility index (Phi) is 8.36. The minimum Gasteiger partial charge on any atom is -0.493 e. The van der Waals surface area contributed by atoms with Crippen molar-refractivity contribution >= 4 is 5.97 Å². The van der Waals surface area contributed by atoms with E-state index in [-0.39, 0.29) is 13.2 Å². The van der Waals surface area contributed by atoms with Gasteiger partial charge in [0.1, 0.15) is 11.5 Å². The predicted molar refractivity (Wildman–Crippen MR) is 84.1 cm³/mol. The molecule has 5 nitrogen and oxygen atoms in total.